The normalized spacial score (nSPS) is 17.0. The molecule has 12 heteroatoms. The maximum absolute atomic E-state index is 14.6. The van der Waals surface area contributed by atoms with Gasteiger partial charge in [-0.25, -0.2) is 23.1 Å². The minimum Gasteiger partial charge on any atom is -0.363 e. The Balaban J connectivity index is 1.21. The zero-order chi connectivity index (χ0) is 29.6. The van der Waals surface area contributed by atoms with Crippen molar-refractivity contribution in [3.63, 3.8) is 0 Å². The lowest BCUT2D eigenvalue weighted by Crippen LogP contribution is -2.47. The van der Waals surface area contributed by atoms with Crippen LogP contribution < -0.4 is 16.2 Å². The van der Waals surface area contributed by atoms with Gasteiger partial charge in [-0.1, -0.05) is 24.8 Å². The molecule has 5 rings (SSSR count). The lowest BCUT2D eigenvalue weighted by Gasteiger charge is -2.34. The van der Waals surface area contributed by atoms with Crippen LogP contribution in [-0.2, 0) is 6.54 Å². The number of halogens is 3. The number of piperidine rings is 1. The molecule has 2 aromatic carbocycles. The smallest absolute Gasteiger partial charge is 0.266 e. The Hall–Kier alpha value is -4.76. The standard InChI is InChI=1S/C30H28F3N7O2/c1-2-39-11-9-25(24(33)17-39)37-28-15-36-26-8-6-19(13-27(26)38-28)4-3-10-35-29(41)21-14-34-18-40(30(21)42)16-20-5-7-22(31)23(32)12-20/h5-8,12-15,18,24-25H,2,9-11,16-17H2,1H3,(H,35,41)(H,37,38)/t24-,25+/m0/s1. The Morgan fingerprint density at radius 3 is 2.76 bits per heavy atom. The quantitative estimate of drug-likeness (QED) is 0.327. The average molecular weight is 576 g/mol. The number of nitrogens with zero attached hydrogens (tertiary/aromatic N) is 5. The van der Waals surface area contributed by atoms with Crippen LogP contribution in [0, 0.1) is 23.5 Å². The second-order valence-electron chi connectivity index (χ2n) is 9.88. The fourth-order valence-electron chi connectivity index (χ4n) is 4.69. The first-order valence-corrected chi connectivity index (χ1v) is 13.5. The third kappa shape index (κ3) is 6.75. The number of likely N-dealkylation sites (tertiary alicyclic amines) is 1. The molecule has 2 N–H and O–H groups in total. The van der Waals surface area contributed by atoms with E-state index in [1.807, 2.05) is 6.92 Å². The molecule has 0 radical (unpaired) electrons. The van der Waals surface area contributed by atoms with Gasteiger partial charge in [0.2, 0.25) is 0 Å². The monoisotopic (exact) mass is 575 g/mol. The molecule has 0 spiro atoms. The summed E-state index contributed by atoms with van der Waals surface area (Å²) in [4.78, 5) is 40.4. The third-order valence-corrected chi connectivity index (χ3v) is 7.00. The van der Waals surface area contributed by atoms with Crippen LogP contribution in [-0.4, -0.2) is 68.7 Å². The largest absolute Gasteiger partial charge is 0.363 e. The van der Waals surface area contributed by atoms with Gasteiger partial charge in [-0.05, 0) is 48.9 Å². The highest BCUT2D eigenvalue weighted by molar-refractivity contribution is 5.93. The van der Waals surface area contributed by atoms with Gasteiger partial charge in [0, 0.05) is 24.8 Å². The predicted octanol–water partition coefficient (Wildman–Crippen LogP) is 3.14. The molecule has 216 valence electrons. The lowest BCUT2D eigenvalue weighted by molar-refractivity contribution is 0.0956. The second-order valence-corrected chi connectivity index (χ2v) is 9.88. The first kappa shape index (κ1) is 28.8. The first-order valence-electron chi connectivity index (χ1n) is 13.5. The van der Waals surface area contributed by atoms with Crippen LogP contribution in [0.5, 0.6) is 0 Å². The number of fused-ring (bicyclic) bond motifs is 1. The molecule has 2 aromatic heterocycles. The van der Waals surface area contributed by atoms with Crippen molar-refractivity contribution >= 4 is 22.8 Å². The zero-order valence-electron chi connectivity index (χ0n) is 22.8. The van der Waals surface area contributed by atoms with Gasteiger partial charge >= 0.3 is 0 Å². The highest BCUT2D eigenvalue weighted by Crippen LogP contribution is 2.20. The summed E-state index contributed by atoms with van der Waals surface area (Å²) in [5.74, 6) is 3.58. The van der Waals surface area contributed by atoms with Crippen molar-refractivity contribution in [1.29, 1.82) is 0 Å². The van der Waals surface area contributed by atoms with Crippen molar-refractivity contribution in [2.75, 3.05) is 31.5 Å². The van der Waals surface area contributed by atoms with E-state index in [0.29, 0.717) is 40.9 Å². The summed E-state index contributed by atoms with van der Waals surface area (Å²) >= 11 is 0. The van der Waals surface area contributed by atoms with Gasteiger partial charge in [0.25, 0.3) is 11.5 Å². The van der Waals surface area contributed by atoms with E-state index in [0.717, 1.165) is 36.0 Å². The number of nitrogens with one attached hydrogen (secondary N) is 2. The Morgan fingerprint density at radius 1 is 1.12 bits per heavy atom. The van der Waals surface area contributed by atoms with Crippen LogP contribution in [0.2, 0.25) is 0 Å². The molecule has 0 aliphatic carbocycles. The predicted molar refractivity (Wildman–Crippen MR) is 152 cm³/mol. The molecule has 3 heterocycles. The molecule has 1 aliphatic rings. The SMILES string of the molecule is CCN1CC[C@@H](Nc2cnc3ccc(C#CCNC(=O)c4cncn(Cc5ccc(F)c(F)c5)c4=O)cc3n2)[C@@H](F)C1. The number of aromatic nitrogens is 4. The van der Waals surface area contributed by atoms with E-state index >= 15 is 0 Å². The van der Waals surface area contributed by atoms with Crippen molar-refractivity contribution in [2.45, 2.75) is 32.1 Å². The molecule has 0 saturated carbocycles. The van der Waals surface area contributed by atoms with Crippen LogP contribution in [0.4, 0.5) is 19.0 Å². The number of carbonyl (C=O) groups excluding carboxylic acids is 1. The summed E-state index contributed by atoms with van der Waals surface area (Å²) in [5, 5.41) is 5.74. The molecule has 0 unspecified atom stereocenters. The van der Waals surface area contributed by atoms with Crippen molar-refractivity contribution < 1.29 is 18.0 Å². The van der Waals surface area contributed by atoms with Crippen molar-refractivity contribution in [3.8, 4) is 11.8 Å². The maximum Gasteiger partial charge on any atom is 0.266 e. The molecule has 1 amide bonds. The minimum atomic E-state index is -1.03. The molecule has 0 bridgehead atoms. The fraction of sp³-hybridized carbons (Fsp3) is 0.300. The van der Waals surface area contributed by atoms with E-state index in [1.165, 1.54) is 12.4 Å². The summed E-state index contributed by atoms with van der Waals surface area (Å²) in [7, 11) is 0. The van der Waals surface area contributed by atoms with E-state index in [2.05, 4.69) is 42.3 Å². The summed E-state index contributed by atoms with van der Waals surface area (Å²) in [6.45, 7) is 3.92. The van der Waals surface area contributed by atoms with Gasteiger partial charge in [-0.2, -0.15) is 0 Å². The minimum absolute atomic E-state index is 0.0456. The van der Waals surface area contributed by atoms with Crippen molar-refractivity contribution in [2.24, 2.45) is 0 Å². The van der Waals surface area contributed by atoms with E-state index in [4.69, 9.17) is 0 Å². The van der Waals surface area contributed by atoms with Crippen LogP contribution in [0.3, 0.4) is 0 Å². The average Bonchev–Trinajstić information content (AvgIpc) is 2.99. The fourth-order valence-corrected chi connectivity index (χ4v) is 4.69. The number of rotatable bonds is 7. The number of alkyl halides is 1. The number of carbonyl (C=O) groups is 1. The topological polar surface area (TPSA) is 105 Å². The van der Waals surface area contributed by atoms with Crippen LogP contribution >= 0.6 is 0 Å². The number of benzene rings is 2. The van der Waals surface area contributed by atoms with Crippen molar-refractivity contribution in [3.05, 3.63) is 93.8 Å². The Bertz CT molecular complexity index is 1730. The van der Waals surface area contributed by atoms with E-state index in [9.17, 15) is 22.8 Å². The highest BCUT2D eigenvalue weighted by Gasteiger charge is 2.28. The molecule has 1 fully saturated rings. The van der Waals surface area contributed by atoms with Gasteiger partial charge in [0.05, 0.1) is 42.7 Å². The van der Waals surface area contributed by atoms with E-state index < -0.39 is 29.3 Å². The number of amides is 1. The zero-order valence-corrected chi connectivity index (χ0v) is 22.8. The third-order valence-electron chi connectivity index (χ3n) is 7.00. The highest BCUT2D eigenvalue weighted by atomic mass is 19.2. The van der Waals surface area contributed by atoms with Gasteiger partial charge in [0.1, 0.15) is 17.6 Å². The Kier molecular flexibility index (Phi) is 8.78. The molecule has 4 aromatic rings. The molecule has 42 heavy (non-hydrogen) atoms. The number of anilines is 1. The molecule has 2 atom stereocenters. The summed E-state index contributed by atoms with van der Waals surface area (Å²) in [5.41, 5.74) is 1.39. The first-order chi connectivity index (χ1) is 20.3. The van der Waals surface area contributed by atoms with Crippen LogP contribution in [0.1, 0.15) is 34.8 Å². The van der Waals surface area contributed by atoms with Crippen molar-refractivity contribution in [1.82, 2.24) is 29.7 Å². The summed E-state index contributed by atoms with van der Waals surface area (Å²) in [6.07, 6.45) is 3.62. The van der Waals surface area contributed by atoms with E-state index in [-0.39, 0.29) is 24.7 Å². The summed E-state index contributed by atoms with van der Waals surface area (Å²) < 4.78 is 42.4. The van der Waals surface area contributed by atoms with Crippen LogP contribution in [0.15, 0.2) is 59.9 Å². The molecule has 1 saturated heterocycles. The molecule has 1 aliphatic heterocycles. The molecule has 9 nitrogen and oxygen atoms in total. The summed E-state index contributed by atoms with van der Waals surface area (Å²) in [6, 6.07) is 8.27. The maximum atomic E-state index is 14.6. The van der Waals surface area contributed by atoms with E-state index in [1.54, 1.807) is 24.4 Å². The van der Waals surface area contributed by atoms with Crippen LogP contribution in [0.25, 0.3) is 11.0 Å². The molecular weight excluding hydrogens is 547 g/mol. The van der Waals surface area contributed by atoms with Gasteiger partial charge in [-0.15, -0.1) is 0 Å². The van der Waals surface area contributed by atoms with Gasteiger partial charge in [0.15, 0.2) is 11.6 Å². The molecular formula is C30H28F3N7O2. The lowest BCUT2D eigenvalue weighted by atomic mass is 10.0. The Labute approximate surface area is 239 Å². The second kappa shape index (κ2) is 12.8. The number of hydrogen-bond donors (Lipinski definition) is 2. The Morgan fingerprint density at radius 2 is 1.98 bits per heavy atom. The number of hydrogen-bond acceptors (Lipinski definition) is 7. The van der Waals surface area contributed by atoms with Gasteiger partial charge in [-0.3, -0.25) is 19.1 Å². The van der Waals surface area contributed by atoms with Gasteiger partial charge < -0.3 is 15.5 Å².